The van der Waals surface area contributed by atoms with Crippen molar-refractivity contribution in [2.24, 2.45) is 0 Å². The van der Waals surface area contributed by atoms with Crippen LogP contribution in [-0.2, 0) is 9.84 Å². The Morgan fingerprint density at radius 2 is 2.36 bits per heavy atom. The van der Waals surface area contributed by atoms with Crippen molar-refractivity contribution in [2.45, 2.75) is 18.9 Å². The maximum absolute atomic E-state index is 10.8. The molecular weight excluding hydrogens is 204 g/mol. The first-order valence-corrected chi connectivity index (χ1v) is 6.39. The van der Waals surface area contributed by atoms with Crippen molar-refractivity contribution in [3.63, 3.8) is 0 Å². The highest BCUT2D eigenvalue weighted by atomic mass is 32.2. The molecule has 1 atom stereocenters. The van der Waals surface area contributed by atoms with E-state index in [0.29, 0.717) is 18.4 Å². The lowest BCUT2D eigenvalue weighted by atomic mass is 10.1. The Kier molecular flexibility index (Phi) is 3.65. The monoisotopic (exact) mass is 218 g/mol. The Labute approximate surface area is 83.1 Å². The highest BCUT2D eigenvalue weighted by Gasteiger charge is 2.10. The second kappa shape index (κ2) is 4.56. The second-order valence-electron chi connectivity index (χ2n) is 3.32. The van der Waals surface area contributed by atoms with Crippen molar-refractivity contribution in [3.05, 3.63) is 18.0 Å². The second-order valence-corrected chi connectivity index (χ2v) is 5.58. The van der Waals surface area contributed by atoms with Gasteiger partial charge in [0, 0.05) is 23.8 Å². The first kappa shape index (κ1) is 11.2. The van der Waals surface area contributed by atoms with E-state index in [-0.39, 0.29) is 5.75 Å². The van der Waals surface area contributed by atoms with E-state index in [9.17, 15) is 13.5 Å². The molecule has 1 heterocycles. The molecule has 0 aliphatic carbocycles. The molecule has 2 N–H and O–H groups in total. The third kappa shape index (κ3) is 3.89. The minimum Gasteiger partial charge on any atom is -0.388 e. The zero-order valence-corrected chi connectivity index (χ0v) is 8.79. The lowest BCUT2D eigenvalue weighted by Gasteiger charge is -2.06. The molecule has 1 unspecified atom stereocenters. The number of aromatic nitrogens is 2. The van der Waals surface area contributed by atoms with E-state index in [1.165, 1.54) is 12.5 Å². The number of sulfone groups is 1. The Morgan fingerprint density at radius 3 is 2.86 bits per heavy atom. The summed E-state index contributed by atoms with van der Waals surface area (Å²) >= 11 is 0. The lowest BCUT2D eigenvalue weighted by molar-refractivity contribution is 0.167. The van der Waals surface area contributed by atoms with Gasteiger partial charge in [-0.05, 0) is 12.8 Å². The molecular formula is C8H14N2O3S. The summed E-state index contributed by atoms with van der Waals surface area (Å²) in [5.74, 6) is 0.113. The molecule has 14 heavy (non-hydrogen) atoms. The molecule has 0 fully saturated rings. The van der Waals surface area contributed by atoms with Crippen molar-refractivity contribution in [3.8, 4) is 0 Å². The van der Waals surface area contributed by atoms with Crippen molar-refractivity contribution < 1.29 is 13.5 Å². The van der Waals surface area contributed by atoms with E-state index in [0.717, 1.165) is 0 Å². The molecule has 1 aromatic heterocycles. The lowest BCUT2D eigenvalue weighted by Crippen LogP contribution is -2.05. The summed E-state index contributed by atoms with van der Waals surface area (Å²) in [6, 6.07) is 0. The molecule has 1 rings (SSSR count). The fourth-order valence-electron chi connectivity index (χ4n) is 1.15. The Morgan fingerprint density at radius 1 is 1.64 bits per heavy atom. The van der Waals surface area contributed by atoms with Crippen LogP contribution in [0.2, 0.25) is 0 Å². The summed E-state index contributed by atoms with van der Waals surface area (Å²) in [4.78, 5) is 0. The summed E-state index contributed by atoms with van der Waals surface area (Å²) in [5.41, 5.74) is 0.693. The van der Waals surface area contributed by atoms with Gasteiger partial charge in [0.25, 0.3) is 0 Å². The molecule has 80 valence electrons. The molecule has 0 bridgehead atoms. The predicted octanol–water partition coefficient (Wildman–Crippen LogP) is 0.268. The zero-order chi connectivity index (χ0) is 10.6. The normalized spacial score (nSPS) is 14.1. The molecule has 6 heteroatoms. The van der Waals surface area contributed by atoms with Gasteiger partial charge in [-0.15, -0.1) is 0 Å². The number of aliphatic hydroxyl groups is 1. The number of aliphatic hydroxyl groups excluding tert-OH is 1. The zero-order valence-electron chi connectivity index (χ0n) is 7.97. The number of rotatable bonds is 5. The topological polar surface area (TPSA) is 83.1 Å². The maximum Gasteiger partial charge on any atom is 0.147 e. The third-order valence-electron chi connectivity index (χ3n) is 1.90. The number of aromatic amines is 1. The number of hydrogen-bond donors (Lipinski definition) is 2. The number of nitrogens with zero attached hydrogens (tertiary/aromatic N) is 1. The van der Waals surface area contributed by atoms with Gasteiger partial charge in [0.15, 0.2) is 0 Å². The fourth-order valence-corrected chi connectivity index (χ4v) is 1.84. The molecule has 0 radical (unpaired) electrons. The highest BCUT2D eigenvalue weighted by Crippen LogP contribution is 2.16. The SMILES string of the molecule is CS(=O)(=O)CCCC(O)c1cn[nH]c1. The minimum atomic E-state index is -2.92. The van der Waals surface area contributed by atoms with Crippen molar-refractivity contribution in [1.82, 2.24) is 10.2 Å². The molecule has 0 saturated carbocycles. The molecule has 0 spiro atoms. The molecule has 0 aromatic carbocycles. The molecule has 5 nitrogen and oxygen atoms in total. The standard InChI is InChI=1S/C8H14N2O3S/c1-14(12,13)4-2-3-8(11)7-5-9-10-6-7/h5-6,8,11H,2-4H2,1H3,(H,9,10). The van der Waals surface area contributed by atoms with Gasteiger partial charge in [0.2, 0.25) is 0 Å². The van der Waals surface area contributed by atoms with Gasteiger partial charge in [-0.3, -0.25) is 5.10 Å². The highest BCUT2D eigenvalue weighted by molar-refractivity contribution is 7.90. The van der Waals surface area contributed by atoms with Crippen LogP contribution in [0.4, 0.5) is 0 Å². The minimum absolute atomic E-state index is 0.113. The number of hydrogen-bond acceptors (Lipinski definition) is 4. The van der Waals surface area contributed by atoms with Gasteiger partial charge < -0.3 is 5.11 Å². The Balaban J connectivity index is 2.33. The largest absolute Gasteiger partial charge is 0.388 e. The van der Waals surface area contributed by atoms with Crippen LogP contribution in [-0.4, -0.2) is 35.7 Å². The van der Waals surface area contributed by atoms with Crippen molar-refractivity contribution >= 4 is 9.84 Å². The maximum atomic E-state index is 10.8. The van der Waals surface area contributed by atoms with E-state index >= 15 is 0 Å². The van der Waals surface area contributed by atoms with Crippen molar-refractivity contribution in [2.75, 3.05) is 12.0 Å². The summed E-state index contributed by atoms with van der Waals surface area (Å²) in [5, 5.41) is 15.8. The summed E-state index contributed by atoms with van der Waals surface area (Å²) < 4.78 is 21.6. The van der Waals surface area contributed by atoms with Crippen LogP contribution >= 0.6 is 0 Å². The smallest absolute Gasteiger partial charge is 0.147 e. The van der Waals surface area contributed by atoms with E-state index in [4.69, 9.17) is 0 Å². The van der Waals surface area contributed by atoms with Crippen molar-refractivity contribution in [1.29, 1.82) is 0 Å². The average Bonchev–Trinajstić information content (AvgIpc) is 2.53. The van der Waals surface area contributed by atoms with Crippen LogP contribution in [0, 0.1) is 0 Å². The molecule has 1 aromatic rings. The van der Waals surface area contributed by atoms with Gasteiger partial charge in [-0.2, -0.15) is 5.10 Å². The molecule has 0 aliphatic heterocycles. The quantitative estimate of drug-likeness (QED) is 0.743. The van der Waals surface area contributed by atoms with Gasteiger partial charge >= 0.3 is 0 Å². The van der Waals surface area contributed by atoms with Crippen LogP contribution in [0.5, 0.6) is 0 Å². The van der Waals surface area contributed by atoms with Crippen LogP contribution in [0.3, 0.4) is 0 Å². The van der Waals surface area contributed by atoms with Gasteiger partial charge in [0.05, 0.1) is 12.3 Å². The van der Waals surface area contributed by atoms with Gasteiger partial charge in [-0.25, -0.2) is 8.42 Å². The Hall–Kier alpha value is -0.880. The van der Waals surface area contributed by atoms with Gasteiger partial charge in [0.1, 0.15) is 9.84 Å². The first-order chi connectivity index (χ1) is 6.49. The summed E-state index contributed by atoms with van der Waals surface area (Å²) in [6.45, 7) is 0. The van der Waals surface area contributed by atoms with E-state index in [1.807, 2.05) is 0 Å². The third-order valence-corrected chi connectivity index (χ3v) is 2.93. The number of H-pyrrole nitrogens is 1. The predicted molar refractivity (Wildman–Crippen MR) is 52.5 cm³/mol. The van der Waals surface area contributed by atoms with Gasteiger partial charge in [-0.1, -0.05) is 0 Å². The number of nitrogens with one attached hydrogen (secondary N) is 1. The molecule has 0 saturated heterocycles. The van der Waals surface area contributed by atoms with Crippen LogP contribution in [0.15, 0.2) is 12.4 Å². The van der Waals surface area contributed by atoms with Crippen LogP contribution in [0.1, 0.15) is 24.5 Å². The van der Waals surface area contributed by atoms with Crippen LogP contribution in [0.25, 0.3) is 0 Å². The van der Waals surface area contributed by atoms with Crippen LogP contribution < -0.4 is 0 Å². The van der Waals surface area contributed by atoms with E-state index < -0.39 is 15.9 Å². The molecule has 0 aliphatic rings. The van der Waals surface area contributed by atoms with E-state index in [1.54, 1.807) is 6.20 Å². The average molecular weight is 218 g/mol. The summed E-state index contributed by atoms with van der Waals surface area (Å²) in [6.07, 6.45) is 4.60. The summed E-state index contributed by atoms with van der Waals surface area (Å²) in [7, 11) is -2.92. The molecule has 0 amide bonds. The fraction of sp³-hybridized carbons (Fsp3) is 0.625. The Bertz CT molecular complexity index is 358. The van der Waals surface area contributed by atoms with E-state index in [2.05, 4.69) is 10.2 Å². The first-order valence-electron chi connectivity index (χ1n) is 4.33.